The molecule has 2 rings (SSSR count). The van der Waals surface area contributed by atoms with Crippen LogP contribution < -0.4 is 4.90 Å². The summed E-state index contributed by atoms with van der Waals surface area (Å²) in [6.45, 7) is 4.32. The van der Waals surface area contributed by atoms with Gasteiger partial charge in [-0.15, -0.1) is 0 Å². The first kappa shape index (κ1) is 10.5. The fraction of sp³-hybridized carbons (Fsp3) is 0.538. The Morgan fingerprint density at radius 3 is 3.00 bits per heavy atom. The Balaban J connectivity index is 2.09. The molecular weight excluding hydrogens is 186 g/mol. The summed E-state index contributed by atoms with van der Waals surface area (Å²) in [5.74, 6) is 0. The Morgan fingerprint density at radius 2 is 2.27 bits per heavy atom. The monoisotopic (exact) mass is 205 g/mol. The second kappa shape index (κ2) is 4.67. The standard InChI is InChI=1S/C13H19NO/c1-11-5-3-6-12(9-11)14-8-4-7-13(10-14)15-2/h3,5-6,9,13H,4,7-8,10H2,1-2H3. The predicted octanol–water partition coefficient (Wildman–Crippen LogP) is 2.61. The van der Waals surface area contributed by atoms with E-state index in [9.17, 15) is 0 Å². The Labute approximate surface area is 91.9 Å². The molecule has 1 unspecified atom stereocenters. The molecule has 1 atom stereocenters. The van der Waals surface area contributed by atoms with Crippen molar-refractivity contribution in [3.05, 3.63) is 29.8 Å². The second-order valence-corrected chi connectivity index (χ2v) is 4.28. The van der Waals surface area contributed by atoms with Crippen molar-refractivity contribution in [2.24, 2.45) is 0 Å². The zero-order valence-corrected chi connectivity index (χ0v) is 9.57. The topological polar surface area (TPSA) is 12.5 Å². The molecule has 0 spiro atoms. The van der Waals surface area contributed by atoms with Crippen molar-refractivity contribution >= 4 is 5.69 Å². The zero-order chi connectivity index (χ0) is 10.7. The highest BCUT2D eigenvalue weighted by molar-refractivity contribution is 5.48. The number of ether oxygens (including phenoxy) is 1. The highest BCUT2D eigenvalue weighted by Crippen LogP contribution is 2.21. The number of anilines is 1. The summed E-state index contributed by atoms with van der Waals surface area (Å²) in [6, 6.07) is 8.70. The molecular formula is C13H19NO. The van der Waals surface area contributed by atoms with Crippen molar-refractivity contribution in [3.8, 4) is 0 Å². The SMILES string of the molecule is COC1CCCN(c2cccc(C)c2)C1. The number of nitrogens with zero attached hydrogens (tertiary/aromatic N) is 1. The van der Waals surface area contributed by atoms with Crippen LogP contribution in [0, 0.1) is 6.92 Å². The molecule has 0 N–H and O–H groups in total. The minimum Gasteiger partial charge on any atom is -0.380 e. The van der Waals surface area contributed by atoms with Gasteiger partial charge in [0.05, 0.1) is 6.10 Å². The Hall–Kier alpha value is -1.02. The van der Waals surface area contributed by atoms with Crippen LogP contribution in [0.1, 0.15) is 18.4 Å². The van der Waals surface area contributed by atoms with Gasteiger partial charge in [-0.3, -0.25) is 0 Å². The van der Waals surface area contributed by atoms with Gasteiger partial charge >= 0.3 is 0 Å². The summed E-state index contributed by atoms with van der Waals surface area (Å²) < 4.78 is 5.43. The van der Waals surface area contributed by atoms with Crippen molar-refractivity contribution in [2.45, 2.75) is 25.9 Å². The summed E-state index contributed by atoms with van der Waals surface area (Å²) in [6.07, 6.45) is 2.82. The van der Waals surface area contributed by atoms with E-state index in [1.54, 1.807) is 0 Å². The van der Waals surface area contributed by atoms with E-state index in [1.807, 2.05) is 7.11 Å². The lowest BCUT2D eigenvalue weighted by atomic mass is 10.1. The maximum atomic E-state index is 5.43. The normalized spacial score (nSPS) is 21.7. The second-order valence-electron chi connectivity index (χ2n) is 4.28. The number of hydrogen-bond acceptors (Lipinski definition) is 2. The van der Waals surface area contributed by atoms with E-state index in [1.165, 1.54) is 24.1 Å². The van der Waals surface area contributed by atoms with Crippen molar-refractivity contribution in [1.82, 2.24) is 0 Å². The molecule has 82 valence electrons. The molecule has 1 fully saturated rings. The average Bonchev–Trinajstić information content (AvgIpc) is 2.29. The highest BCUT2D eigenvalue weighted by Gasteiger charge is 2.19. The van der Waals surface area contributed by atoms with Gasteiger partial charge in [0.2, 0.25) is 0 Å². The van der Waals surface area contributed by atoms with Gasteiger partial charge in [0.25, 0.3) is 0 Å². The molecule has 0 bridgehead atoms. The molecule has 0 saturated carbocycles. The number of rotatable bonds is 2. The Bertz CT molecular complexity index is 324. The number of benzene rings is 1. The lowest BCUT2D eigenvalue weighted by molar-refractivity contribution is 0.0893. The van der Waals surface area contributed by atoms with E-state index in [0.29, 0.717) is 6.10 Å². The van der Waals surface area contributed by atoms with Gasteiger partial charge < -0.3 is 9.64 Å². The molecule has 1 aliphatic rings. The number of hydrogen-bond donors (Lipinski definition) is 0. The van der Waals surface area contributed by atoms with Crippen LogP contribution in [0.5, 0.6) is 0 Å². The van der Waals surface area contributed by atoms with Crippen molar-refractivity contribution in [1.29, 1.82) is 0 Å². The van der Waals surface area contributed by atoms with Gasteiger partial charge in [-0.05, 0) is 37.5 Å². The minimum absolute atomic E-state index is 0.402. The quantitative estimate of drug-likeness (QED) is 0.736. The van der Waals surface area contributed by atoms with Gasteiger partial charge in [-0.2, -0.15) is 0 Å². The molecule has 1 aromatic rings. The number of aryl methyl sites for hydroxylation is 1. The molecule has 1 aromatic carbocycles. The van der Waals surface area contributed by atoms with E-state index in [0.717, 1.165) is 13.1 Å². The lowest BCUT2D eigenvalue weighted by Gasteiger charge is -2.33. The molecule has 15 heavy (non-hydrogen) atoms. The lowest BCUT2D eigenvalue weighted by Crippen LogP contribution is -2.39. The van der Waals surface area contributed by atoms with Crippen molar-refractivity contribution in [3.63, 3.8) is 0 Å². The summed E-state index contributed by atoms with van der Waals surface area (Å²) >= 11 is 0. The van der Waals surface area contributed by atoms with Gasteiger partial charge in [0.15, 0.2) is 0 Å². The van der Waals surface area contributed by atoms with Crippen LogP contribution in [-0.4, -0.2) is 26.3 Å². The number of methoxy groups -OCH3 is 1. The van der Waals surface area contributed by atoms with E-state index < -0.39 is 0 Å². The van der Waals surface area contributed by atoms with Gasteiger partial charge in [-0.1, -0.05) is 12.1 Å². The molecule has 2 nitrogen and oxygen atoms in total. The maximum absolute atomic E-state index is 5.43. The first-order valence-corrected chi connectivity index (χ1v) is 5.64. The fourth-order valence-corrected chi connectivity index (χ4v) is 2.19. The van der Waals surface area contributed by atoms with Crippen LogP contribution in [0.2, 0.25) is 0 Å². The third-order valence-electron chi connectivity index (χ3n) is 3.08. The molecule has 1 aliphatic heterocycles. The minimum atomic E-state index is 0.402. The largest absolute Gasteiger partial charge is 0.380 e. The third kappa shape index (κ3) is 2.51. The highest BCUT2D eigenvalue weighted by atomic mass is 16.5. The summed E-state index contributed by atoms with van der Waals surface area (Å²) in [4.78, 5) is 2.42. The summed E-state index contributed by atoms with van der Waals surface area (Å²) in [7, 11) is 1.81. The van der Waals surface area contributed by atoms with E-state index in [4.69, 9.17) is 4.74 Å². The molecule has 0 amide bonds. The zero-order valence-electron chi connectivity index (χ0n) is 9.57. The van der Waals surface area contributed by atoms with E-state index in [2.05, 4.69) is 36.1 Å². The van der Waals surface area contributed by atoms with E-state index >= 15 is 0 Å². The fourth-order valence-electron chi connectivity index (χ4n) is 2.19. The van der Waals surface area contributed by atoms with Crippen molar-refractivity contribution in [2.75, 3.05) is 25.1 Å². The molecule has 0 aromatic heterocycles. The van der Waals surface area contributed by atoms with Crippen LogP contribution in [0.15, 0.2) is 24.3 Å². The molecule has 2 heteroatoms. The molecule has 0 aliphatic carbocycles. The maximum Gasteiger partial charge on any atom is 0.0746 e. The Kier molecular flexibility index (Phi) is 3.27. The van der Waals surface area contributed by atoms with Gasteiger partial charge in [-0.25, -0.2) is 0 Å². The molecule has 1 saturated heterocycles. The van der Waals surface area contributed by atoms with Crippen LogP contribution in [0.4, 0.5) is 5.69 Å². The van der Waals surface area contributed by atoms with Crippen LogP contribution in [0.25, 0.3) is 0 Å². The van der Waals surface area contributed by atoms with Crippen LogP contribution in [0.3, 0.4) is 0 Å². The summed E-state index contributed by atoms with van der Waals surface area (Å²) in [5.41, 5.74) is 2.66. The van der Waals surface area contributed by atoms with Crippen molar-refractivity contribution < 1.29 is 4.74 Å². The Morgan fingerprint density at radius 1 is 1.40 bits per heavy atom. The first-order chi connectivity index (χ1) is 7.29. The predicted molar refractivity (Wildman–Crippen MR) is 63.4 cm³/mol. The van der Waals surface area contributed by atoms with Gasteiger partial charge in [0, 0.05) is 25.9 Å². The van der Waals surface area contributed by atoms with E-state index in [-0.39, 0.29) is 0 Å². The summed E-state index contributed by atoms with van der Waals surface area (Å²) in [5, 5.41) is 0. The van der Waals surface area contributed by atoms with Crippen LogP contribution >= 0.6 is 0 Å². The van der Waals surface area contributed by atoms with Gasteiger partial charge in [0.1, 0.15) is 0 Å². The third-order valence-corrected chi connectivity index (χ3v) is 3.08. The smallest absolute Gasteiger partial charge is 0.0746 e. The van der Waals surface area contributed by atoms with Crippen LogP contribution in [-0.2, 0) is 4.74 Å². The molecule has 1 heterocycles. The molecule has 0 radical (unpaired) electrons. The average molecular weight is 205 g/mol. The number of piperidine rings is 1. The first-order valence-electron chi connectivity index (χ1n) is 5.64.